The van der Waals surface area contributed by atoms with Crippen LogP contribution in [0.15, 0.2) is 30.6 Å². The van der Waals surface area contributed by atoms with Gasteiger partial charge in [-0.25, -0.2) is 0 Å². The molecule has 4 rings (SSSR count). The first-order valence-corrected chi connectivity index (χ1v) is 8.73. The van der Waals surface area contributed by atoms with Crippen LogP contribution < -0.4 is 10.2 Å². The molecule has 0 unspecified atom stereocenters. The second kappa shape index (κ2) is 6.48. The smallest absolute Gasteiger partial charge is 0.270 e. The fourth-order valence-corrected chi connectivity index (χ4v) is 3.27. The minimum absolute atomic E-state index is 0.108. The average molecular weight is 341 g/mol. The molecule has 7 heteroatoms. The summed E-state index contributed by atoms with van der Waals surface area (Å²) in [5.74, 6) is -0.108. The fraction of sp³-hybridized carbons (Fsp3) is 0.500. The number of hydrogen-bond acceptors (Lipinski definition) is 5. The standard InChI is InChI=1S/C18H23N5O2/c1-22-7-3-14(21-22)13-18(4-5-18)20-17(24)16-12-15(2-6-19-16)23-8-10-25-11-9-23/h2-3,6-7,12H,4-5,8-11,13H2,1H3,(H,20,24). The molecule has 3 heterocycles. The van der Waals surface area contributed by atoms with Crippen molar-refractivity contribution in [1.82, 2.24) is 20.1 Å². The molecule has 2 aromatic rings. The summed E-state index contributed by atoms with van der Waals surface area (Å²) in [7, 11) is 1.91. The van der Waals surface area contributed by atoms with Gasteiger partial charge in [-0.3, -0.25) is 14.5 Å². The Labute approximate surface area is 147 Å². The summed E-state index contributed by atoms with van der Waals surface area (Å²) in [5.41, 5.74) is 2.34. The molecule has 1 saturated carbocycles. The first kappa shape index (κ1) is 16.1. The van der Waals surface area contributed by atoms with E-state index in [1.54, 1.807) is 10.9 Å². The third-order valence-electron chi connectivity index (χ3n) is 4.87. The number of nitrogens with one attached hydrogen (secondary N) is 1. The Bertz CT molecular complexity index is 762. The molecular weight excluding hydrogens is 318 g/mol. The Hall–Kier alpha value is -2.41. The van der Waals surface area contributed by atoms with Gasteiger partial charge in [-0.1, -0.05) is 0 Å². The average Bonchev–Trinajstić information content (AvgIpc) is 3.27. The molecule has 0 atom stereocenters. The molecule has 2 fully saturated rings. The van der Waals surface area contributed by atoms with Crippen molar-refractivity contribution in [3.05, 3.63) is 42.0 Å². The summed E-state index contributed by atoms with van der Waals surface area (Å²) < 4.78 is 7.18. The zero-order valence-corrected chi connectivity index (χ0v) is 14.4. The highest BCUT2D eigenvalue weighted by molar-refractivity contribution is 5.94. The maximum Gasteiger partial charge on any atom is 0.270 e. The van der Waals surface area contributed by atoms with Crippen LogP contribution in [-0.2, 0) is 18.2 Å². The van der Waals surface area contributed by atoms with Crippen LogP contribution >= 0.6 is 0 Å². The molecule has 0 radical (unpaired) electrons. The van der Waals surface area contributed by atoms with E-state index >= 15 is 0 Å². The maximum atomic E-state index is 12.7. The number of hydrogen-bond donors (Lipinski definition) is 1. The second-order valence-corrected chi connectivity index (χ2v) is 6.89. The van der Waals surface area contributed by atoms with Gasteiger partial charge in [-0.2, -0.15) is 5.10 Å². The number of rotatable bonds is 5. The van der Waals surface area contributed by atoms with Gasteiger partial charge in [-0.05, 0) is 31.0 Å². The first-order valence-electron chi connectivity index (χ1n) is 8.73. The minimum atomic E-state index is -0.165. The van der Waals surface area contributed by atoms with Crippen LogP contribution in [0.4, 0.5) is 5.69 Å². The van der Waals surface area contributed by atoms with Crippen LogP contribution in [0.1, 0.15) is 29.0 Å². The fourth-order valence-electron chi connectivity index (χ4n) is 3.27. The molecule has 1 saturated heterocycles. The molecular formula is C18H23N5O2. The molecule has 1 aliphatic carbocycles. The normalized spacial score (nSPS) is 18.8. The highest BCUT2D eigenvalue weighted by Crippen LogP contribution is 2.38. The van der Waals surface area contributed by atoms with Gasteiger partial charge in [0, 0.05) is 50.2 Å². The molecule has 0 aromatic carbocycles. The zero-order valence-electron chi connectivity index (χ0n) is 14.4. The summed E-state index contributed by atoms with van der Waals surface area (Å²) in [6, 6.07) is 5.82. The van der Waals surface area contributed by atoms with Crippen LogP contribution in [0.2, 0.25) is 0 Å². The van der Waals surface area contributed by atoms with Crippen LogP contribution in [0.3, 0.4) is 0 Å². The molecule has 1 N–H and O–H groups in total. The number of pyridine rings is 1. The van der Waals surface area contributed by atoms with Crippen LogP contribution in [0.25, 0.3) is 0 Å². The lowest BCUT2D eigenvalue weighted by Gasteiger charge is -2.29. The van der Waals surface area contributed by atoms with Gasteiger partial charge in [0.1, 0.15) is 5.69 Å². The Morgan fingerprint density at radius 2 is 2.12 bits per heavy atom. The largest absolute Gasteiger partial charge is 0.378 e. The lowest BCUT2D eigenvalue weighted by atomic mass is 10.1. The first-order chi connectivity index (χ1) is 12.1. The predicted molar refractivity (Wildman–Crippen MR) is 93.6 cm³/mol. The number of anilines is 1. The number of carbonyl (C=O) groups is 1. The quantitative estimate of drug-likeness (QED) is 0.883. The van der Waals surface area contributed by atoms with Crippen LogP contribution in [0, 0.1) is 0 Å². The Kier molecular flexibility index (Phi) is 4.17. The van der Waals surface area contributed by atoms with E-state index in [0.717, 1.165) is 56.9 Å². The maximum absolute atomic E-state index is 12.7. The van der Waals surface area contributed by atoms with Crippen molar-refractivity contribution in [2.24, 2.45) is 7.05 Å². The van der Waals surface area contributed by atoms with Crippen molar-refractivity contribution in [2.45, 2.75) is 24.8 Å². The second-order valence-electron chi connectivity index (χ2n) is 6.89. The Balaban J connectivity index is 1.44. The van der Waals surface area contributed by atoms with E-state index in [1.807, 2.05) is 31.4 Å². The van der Waals surface area contributed by atoms with Gasteiger partial charge in [0.25, 0.3) is 5.91 Å². The van der Waals surface area contributed by atoms with Gasteiger partial charge >= 0.3 is 0 Å². The highest BCUT2D eigenvalue weighted by Gasteiger charge is 2.44. The van der Waals surface area contributed by atoms with Crippen LogP contribution in [-0.4, -0.2) is 52.5 Å². The van der Waals surface area contributed by atoms with Gasteiger partial charge in [-0.15, -0.1) is 0 Å². The van der Waals surface area contributed by atoms with Crippen molar-refractivity contribution in [2.75, 3.05) is 31.2 Å². The Morgan fingerprint density at radius 3 is 2.80 bits per heavy atom. The minimum Gasteiger partial charge on any atom is -0.378 e. The molecule has 25 heavy (non-hydrogen) atoms. The number of carbonyl (C=O) groups excluding carboxylic acids is 1. The lowest BCUT2D eigenvalue weighted by Crippen LogP contribution is -2.39. The number of amides is 1. The van der Waals surface area contributed by atoms with E-state index in [2.05, 4.69) is 20.3 Å². The topological polar surface area (TPSA) is 72.3 Å². The number of morpholine rings is 1. The third kappa shape index (κ3) is 3.66. The molecule has 2 aromatic heterocycles. The molecule has 2 aliphatic rings. The number of aryl methyl sites for hydroxylation is 1. The molecule has 1 aliphatic heterocycles. The third-order valence-corrected chi connectivity index (χ3v) is 4.87. The molecule has 0 bridgehead atoms. The van der Waals surface area contributed by atoms with Crippen LogP contribution in [0.5, 0.6) is 0 Å². The van der Waals surface area contributed by atoms with Gasteiger partial charge in [0.2, 0.25) is 0 Å². The number of ether oxygens (including phenoxy) is 1. The summed E-state index contributed by atoms with van der Waals surface area (Å²) in [4.78, 5) is 19.2. The van der Waals surface area contributed by atoms with E-state index in [0.29, 0.717) is 5.69 Å². The van der Waals surface area contributed by atoms with Crippen molar-refractivity contribution < 1.29 is 9.53 Å². The van der Waals surface area contributed by atoms with E-state index in [-0.39, 0.29) is 11.4 Å². The zero-order chi connectivity index (χ0) is 17.3. The Morgan fingerprint density at radius 1 is 1.32 bits per heavy atom. The molecule has 1 amide bonds. The highest BCUT2D eigenvalue weighted by atomic mass is 16.5. The van der Waals surface area contributed by atoms with E-state index in [1.165, 1.54) is 0 Å². The van der Waals surface area contributed by atoms with Gasteiger partial charge in [0.05, 0.1) is 18.9 Å². The molecule has 132 valence electrons. The summed E-state index contributed by atoms with van der Waals surface area (Å²) in [5, 5.41) is 7.60. The summed E-state index contributed by atoms with van der Waals surface area (Å²) in [6.45, 7) is 3.12. The van der Waals surface area contributed by atoms with Gasteiger partial charge in [0.15, 0.2) is 0 Å². The van der Waals surface area contributed by atoms with E-state index < -0.39 is 0 Å². The van der Waals surface area contributed by atoms with E-state index in [4.69, 9.17) is 4.74 Å². The monoisotopic (exact) mass is 341 g/mol. The number of aromatic nitrogens is 3. The lowest BCUT2D eigenvalue weighted by molar-refractivity contribution is 0.0926. The van der Waals surface area contributed by atoms with E-state index in [9.17, 15) is 4.79 Å². The predicted octanol–water partition coefficient (Wildman–Crippen LogP) is 1.16. The summed E-state index contributed by atoms with van der Waals surface area (Å²) >= 11 is 0. The summed E-state index contributed by atoms with van der Waals surface area (Å²) in [6.07, 6.45) is 6.37. The number of nitrogens with zero attached hydrogens (tertiary/aromatic N) is 4. The SMILES string of the molecule is Cn1ccc(CC2(NC(=O)c3cc(N4CCOCC4)ccn3)CC2)n1. The van der Waals surface area contributed by atoms with Gasteiger partial charge < -0.3 is 15.0 Å². The van der Waals surface area contributed by atoms with Crippen molar-refractivity contribution >= 4 is 11.6 Å². The molecule has 0 spiro atoms. The molecule has 7 nitrogen and oxygen atoms in total. The van der Waals surface area contributed by atoms with Crippen molar-refractivity contribution in [3.8, 4) is 0 Å². The van der Waals surface area contributed by atoms with Crippen molar-refractivity contribution in [3.63, 3.8) is 0 Å². The van der Waals surface area contributed by atoms with Crippen molar-refractivity contribution in [1.29, 1.82) is 0 Å².